The van der Waals surface area contributed by atoms with Crippen molar-refractivity contribution in [1.82, 2.24) is 4.72 Å². The lowest BCUT2D eigenvalue weighted by Gasteiger charge is -2.26. The molecule has 1 aliphatic rings. The van der Waals surface area contributed by atoms with Crippen LogP contribution in [0.5, 0.6) is 0 Å². The predicted octanol–water partition coefficient (Wildman–Crippen LogP) is 0.376. The molecule has 0 spiro atoms. The number of rotatable bonds is 4. The molecule has 7 heteroatoms. The fourth-order valence-electron chi connectivity index (χ4n) is 2.09. The molecule has 20 heavy (non-hydrogen) atoms. The first-order valence-corrected chi connectivity index (χ1v) is 7.70. The monoisotopic (exact) mass is 296 g/mol. The molecule has 1 aromatic rings. The Morgan fingerprint density at radius 3 is 2.85 bits per heavy atom. The molecule has 2 unspecified atom stereocenters. The first-order chi connectivity index (χ1) is 9.39. The van der Waals surface area contributed by atoms with Crippen molar-refractivity contribution in [2.75, 3.05) is 13.2 Å². The number of nitrogens with one attached hydrogen (secondary N) is 1. The number of hydrogen-bond acceptors (Lipinski definition) is 5. The van der Waals surface area contributed by atoms with E-state index in [2.05, 4.69) is 4.72 Å². The van der Waals surface area contributed by atoms with E-state index in [1.807, 2.05) is 6.07 Å². The van der Waals surface area contributed by atoms with E-state index in [0.717, 1.165) is 0 Å². The van der Waals surface area contributed by atoms with Crippen LogP contribution in [0.4, 0.5) is 0 Å². The van der Waals surface area contributed by atoms with Crippen LogP contribution in [0.3, 0.4) is 0 Å². The summed E-state index contributed by atoms with van der Waals surface area (Å²) in [7, 11) is -3.84. The second kappa shape index (κ2) is 5.50. The van der Waals surface area contributed by atoms with E-state index in [9.17, 15) is 13.5 Å². The van der Waals surface area contributed by atoms with Crippen molar-refractivity contribution in [2.24, 2.45) is 0 Å². The normalized spacial score (nSPS) is 26.4. The maximum absolute atomic E-state index is 12.2. The Morgan fingerprint density at radius 1 is 1.55 bits per heavy atom. The van der Waals surface area contributed by atoms with E-state index in [0.29, 0.717) is 13.0 Å². The number of ether oxygens (including phenoxy) is 1. The van der Waals surface area contributed by atoms with Crippen LogP contribution in [0.2, 0.25) is 0 Å². The van der Waals surface area contributed by atoms with E-state index >= 15 is 0 Å². The van der Waals surface area contributed by atoms with E-state index in [1.54, 1.807) is 19.1 Å². The first-order valence-electron chi connectivity index (χ1n) is 6.22. The van der Waals surface area contributed by atoms with Crippen molar-refractivity contribution in [3.05, 3.63) is 29.8 Å². The maximum Gasteiger partial charge on any atom is 0.241 e. The zero-order valence-electron chi connectivity index (χ0n) is 11.0. The fourth-order valence-corrected chi connectivity index (χ4v) is 3.35. The van der Waals surface area contributed by atoms with Crippen LogP contribution < -0.4 is 4.72 Å². The lowest BCUT2D eigenvalue weighted by Crippen LogP contribution is -2.47. The molecule has 2 atom stereocenters. The lowest BCUT2D eigenvalue weighted by molar-refractivity contribution is -0.0228. The Labute approximate surface area is 118 Å². The minimum absolute atomic E-state index is 0.0720. The van der Waals surface area contributed by atoms with Gasteiger partial charge in [0.25, 0.3) is 0 Å². The van der Waals surface area contributed by atoms with Crippen molar-refractivity contribution < 1.29 is 18.3 Å². The zero-order chi connectivity index (χ0) is 14.8. The van der Waals surface area contributed by atoms with E-state index in [4.69, 9.17) is 10.00 Å². The predicted molar refractivity (Wildman–Crippen MR) is 71.3 cm³/mol. The molecule has 6 nitrogen and oxygen atoms in total. The molecule has 0 amide bonds. The van der Waals surface area contributed by atoms with Gasteiger partial charge in [0.05, 0.1) is 16.6 Å². The third-order valence-electron chi connectivity index (χ3n) is 3.52. The standard InChI is InChI=1S/C13H16N2O4S/c1-10-13(16,6-7-19-10)9-15-20(17,18)12-5-3-2-4-11(12)8-14/h2-5,10,15-16H,6-7,9H2,1H3. The number of hydrogen-bond donors (Lipinski definition) is 2. The van der Waals surface area contributed by atoms with Gasteiger partial charge in [0.1, 0.15) is 11.7 Å². The van der Waals surface area contributed by atoms with Crippen LogP contribution in [0.1, 0.15) is 18.9 Å². The minimum Gasteiger partial charge on any atom is -0.386 e. The number of sulfonamides is 1. The highest BCUT2D eigenvalue weighted by molar-refractivity contribution is 7.89. The van der Waals surface area contributed by atoms with Gasteiger partial charge in [0.2, 0.25) is 10.0 Å². The maximum atomic E-state index is 12.2. The number of nitrogens with zero attached hydrogens (tertiary/aromatic N) is 1. The van der Waals surface area contributed by atoms with Crippen LogP contribution in [-0.4, -0.2) is 38.4 Å². The summed E-state index contributed by atoms with van der Waals surface area (Å²) in [5, 5.41) is 19.2. The quantitative estimate of drug-likeness (QED) is 0.836. The molecule has 1 heterocycles. The second-order valence-electron chi connectivity index (χ2n) is 4.80. The molecule has 0 aliphatic carbocycles. The van der Waals surface area contributed by atoms with Gasteiger partial charge in [-0.1, -0.05) is 12.1 Å². The van der Waals surface area contributed by atoms with Gasteiger partial charge in [-0.3, -0.25) is 0 Å². The summed E-state index contributed by atoms with van der Waals surface area (Å²) in [5.41, 5.74) is -1.14. The largest absolute Gasteiger partial charge is 0.386 e. The van der Waals surface area contributed by atoms with Gasteiger partial charge >= 0.3 is 0 Å². The van der Waals surface area contributed by atoms with Crippen LogP contribution in [0.25, 0.3) is 0 Å². The van der Waals surface area contributed by atoms with Crippen molar-refractivity contribution >= 4 is 10.0 Å². The molecule has 0 radical (unpaired) electrons. The van der Waals surface area contributed by atoms with Crippen LogP contribution in [0, 0.1) is 11.3 Å². The van der Waals surface area contributed by atoms with Crippen molar-refractivity contribution in [3.63, 3.8) is 0 Å². The van der Waals surface area contributed by atoms with Crippen molar-refractivity contribution in [1.29, 1.82) is 5.26 Å². The molecule has 108 valence electrons. The van der Waals surface area contributed by atoms with Crippen molar-refractivity contribution in [3.8, 4) is 6.07 Å². The smallest absolute Gasteiger partial charge is 0.241 e. The molecule has 2 rings (SSSR count). The molecular formula is C13H16N2O4S. The molecule has 1 saturated heterocycles. The lowest BCUT2D eigenvalue weighted by atomic mass is 9.97. The minimum atomic E-state index is -3.84. The number of aliphatic hydroxyl groups is 1. The second-order valence-corrected chi connectivity index (χ2v) is 6.53. The SMILES string of the molecule is CC1OCCC1(O)CNS(=O)(=O)c1ccccc1C#N. The highest BCUT2D eigenvalue weighted by Crippen LogP contribution is 2.25. The molecule has 1 fully saturated rings. The topological polar surface area (TPSA) is 99.4 Å². The van der Waals surface area contributed by atoms with Crippen molar-refractivity contribution in [2.45, 2.75) is 29.9 Å². The summed E-state index contributed by atoms with van der Waals surface area (Å²) in [6, 6.07) is 7.78. The Balaban J connectivity index is 2.18. The van der Waals surface area contributed by atoms with Crippen LogP contribution in [0.15, 0.2) is 29.2 Å². The van der Waals surface area contributed by atoms with Gasteiger partial charge in [-0.05, 0) is 19.1 Å². The van der Waals surface area contributed by atoms with Crippen LogP contribution in [-0.2, 0) is 14.8 Å². The summed E-state index contributed by atoms with van der Waals surface area (Å²) >= 11 is 0. The average molecular weight is 296 g/mol. The van der Waals surface area contributed by atoms with E-state index in [1.165, 1.54) is 12.1 Å². The molecule has 0 bridgehead atoms. The van der Waals surface area contributed by atoms with Gasteiger partial charge in [-0.2, -0.15) is 5.26 Å². The molecule has 0 saturated carbocycles. The van der Waals surface area contributed by atoms with E-state index < -0.39 is 21.7 Å². The average Bonchev–Trinajstić information content (AvgIpc) is 2.77. The highest BCUT2D eigenvalue weighted by atomic mass is 32.2. The molecule has 1 aromatic carbocycles. The third-order valence-corrected chi connectivity index (χ3v) is 4.98. The fraction of sp³-hybridized carbons (Fsp3) is 0.462. The molecule has 0 aromatic heterocycles. The summed E-state index contributed by atoms with van der Waals surface area (Å²) in [4.78, 5) is -0.0855. The zero-order valence-corrected chi connectivity index (χ0v) is 11.9. The van der Waals surface area contributed by atoms with Gasteiger partial charge in [0, 0.05) is 19.6 Å². The van der Waals surface area contributed by atoms with Gasteiger partial charge in [0.15, 0.2) is 0 Å². The summed E-state index contributed by atoms with van der Waals surface area (Å²) < 4.78 is 32.0. The van der Waals surface area contributed by atoms with Crippen LogP contribution >= 0.6 is 0 Å². The number of nitriles is 1. The van der Waals surface area contributed by atoms with E-state index in [-0.39, 0.29) is 17.0 Å². The molecule has 2 N–H and O–H groups in total. The Morgan fingerprint density at radius 2 is 2.25 bits per heavy atom. The van der Waals surface area contributed by atoms with Gasteiger partial charge < -0.3 is 9.84 Å². The summed E-state index contributed by atoms with van der Waals surface area (Å²) in [5.74, 6) is 0. The van der Waals surface area contributed by atoms with Gasteiger partial charge in [-0.15, -0.1) is 0 Å². The highest BCUT2D eigenvalue weighted by Gasteiger charge is 2.40. The summed E-state index contributed by atoms with van der Waals surface area (Å²) in [6.07, 6.45) is -0.0623. The Kier molecular flexibility index (Phi) is 4.11. The number of benzene rings is 1. The molecular weight excluding hydrogens is 280 g/mol. The Hall–Kier alpha value is -1.46. The van der Waals surface area contributed by atoms with Gasteiger partial charge in [-0.25, -0.2) is 13.1 Å². The third kappa shape index (κ3) is 2.83. The molecule has 1 aliphatic heterocycles. The Bertz CT molecular complexity index is 638. The first kappa shape index (κ1) is 14.9. The summed E-state index contributed by atoms with van der Waals surface area (Å²) in [6.45, 7) is 1.95.